The van der Waals surface area contributed by atoms with Crippen molar-refractivity contribution in [3.8, 4) is 17.2 Å². The fraction of sp³-hybridized carbons (Fsp3) is 0.381. The van der Waals surface area contributed by atoms with E-state index in [1.807, 2.05) is 30.9 Å². The molecule has 0 unspecified atom stereocenters. The van der Waals surface area contributed by atoms with Gasteiger partial charge in [-0.15, -0.1) is 0 Å². The van der Waals surface area contributed by atoms with Gasteiger partial charge in [-0.3, -0.25) is 4.79 Å². The van der Waals surface area contributed by atoms with Crippen molar-refractivity contribution in [3.05, 3.63) is 48.0 Å². The lowest BCUT2D eigenvalue weighted by molar-refractivity contribution is 0.0746. The summed E-state index contributed by atoms with van der Waals surface area (Å²) in [7, 11) is 0. The number of aromatic hydroxyl groups is 1. The van der Waals surface area contributed by atoms with Crippen LogP contribution in [0.25, 0.3) is 0 Å². The van der Waals surface area contributed by atoms with Crippen LogP contribution in [-0.2, 0) is 0 Å². The Labute approximate surface area is 159 Å². The van der Waals surface area contributed by atoms with E-state index in [1.165, 1.54) is 0 Å². The molecule has 3 rings (SSSR count). The molecule has 0 aromatic heterocycles. The second kappa shape index (κ2) is 8.66. The summed E-state index contributed by atoms with van der Waals surface area (Å²) in [6, 6.07) is 12.5. The van der Waals surface area contributed by atoms with E-state index < -0.39 is 0 Å². The smallest absolute Gasteiger partial charge is 0.254 e. The highest BCUT2D eigenvalue weighted by Gasteiger charge is 2.23. The van der Waals surface area contributed by atoms with Crippen molar-refractivity contribution in [1.29, 1.82) is 0 Å². The largest absolute Gasteiger partial charge is 0.508 e. The molecule has 6 nitrogen and oxygen atoms in total. The number of piperazine rings is 1. The van der Waals surface area contributed by atoms with Crippen molar-refractivity contribution in [3.63, 3.8) is 0 Å². The Morgan fingerprint density at radius 2 is 1.56 bits per heavy atom. The van der Waals surface area contributed by atoms with Crippen LogP contribution in [0, 0.1) is 0 Å². The molecule has 1 heterocycles. The molecule has 1 fully saturated rings. The predicted molar refractivity (Wildman–Crippen MR) is 105 cm³/mol. The van der Waals surface area contributed by atoms with E-state index in [1.54, 1.807) is 30.3 Å². The zero-order valence-corrected chi connectivity index (χ0v) is 15.9. The molecule has 27 heavy (non-hydrogen) atoms. The van der Waals surface area contributed by atoms with Crippen LogP contribution in [-0.4, -0.2) is 55.3 Å². The maximum Gasteiger partial charge on any atom is 0.254 e. The number of carbonyl (C=O) groups excluding carboxylic acids is 1. The van der Waals surface area contributed by atoms with Gasteiger partial charge < -0.3 is 24.4 Å². The highest BCUT2D eigenvalue weighted by molar-refractivity contribution is 5.95. The summed E-state index contributed by atoms with van der Waals surface area (Å²) in [5, 5.41) is 9.42. The second-order valence-corrected chi connectivity index (χ2v) is 6.32. The van der Waals surface area contributed by atoms with Crippen molar-refractivity contribution in [2.45, 2.75) is 13.8 Å². The van der Waals surface area contributed by atoms with E-state index in [0.717, 1.165) is 18.8 Å². The minimum atomic E-state index is 0.00403. The number of rotatable bonds is 6. The molecule has 0 aliphatic carbocycles. The molecule has 0 spiro atoms. The lowest BCUT2D eigenvalue weighted by Gasteiger charge is -2.36. The summed E-state index contributed by atoms with van der Waals surface area (Å²) in [5.74, 6) is 1.53. The first-order chi connectivity index (χ1) is 13.1. The molecule has 144 valence electrons. The molecule has 2 aromatic rings. The fourth-order valence-electron chi connectivity index (χ4n) is 3.20. The lowest BCUT2D eigenvalue weighted by atomic mass is 10.1. The van der Waals surface area contributed by atoms with Crippen LogP contribution in [0.2, 0.25) is 0 Å². The van der Waals surface area contributed by atoms with Crippen LogP contribution >= 0.6 is 0 Å². The van der Waals surface area contributed by atoms with Gasteiger partial charge in [-0.1, -0.05) is 0 Å². The quantitative estimate of drug-likeness (QED) is 0.846. The predicted octanol–water partition coefficient (Wildman–Crippen LogP) is 3.15. The first kappa shape index (κ1) is 18.9. The standard InChI is InChI=1S/C21H26N2O4/c1-3-26-19-10-5-16(15-20(19)27-4-2)21(25)23-13-11-22(12-14-23)17-6-8-18(24)9-7-17/h5-10,15,24H,3-4,11-14H2,1-2H3. The van der Waals surface area contributed by atoms with E-state index >= 15 is 0 Å². The molecule has 1 amide bonds. The van der Waals surface area contributed by atoms with Gasteiger partial charge in [0.1, 0.15) is 5.75 Å². The van der Waals surface area contributed by atoms with E-state index in [2.05, 4.69) is 4.90 Å². The highest BCUT2D eigenvalue weighted by Crippen LogP contribution is 2.29. The summed E-state index contributed by atoms with van der Waals surface area (Å²) >= 11 is 0. The highest BCUT2D eigenvalue weighted by atomic mass is 16.5. The van der Waals surface area contributed by atoms with Crippen LogP contribution in [0.4, 0.5) is 5.69 Å². The number of phenolic OH excluding ortho intramolecular Hbond substituents is 1. The van der Waals surface area contributed by atoms with Crippen LogP contribution < -0.4 is 14.4 Å². The summed E-state index contributed by atoms with van der Waals surface area (Å²) in [6.07, 6.45) is 0. The number of nitrogens with zero attached hydrogens (tertiary/aromatic N) is 2. The number of anilines is 1. The van der Waals surface area contributed by atoms with Crippen molar-refractivity contribution < 1.29 is 19.4 Å². The maximum absolute atomic E-state index is 12.9. The Bertz CT molecular complexity index is 768. The van der Waals surface area contributed by atoms with Gasteiger partial charge in [-0.25, -0.2) is 0 Å². The topological polar surface area (TPSA) is 62.2 Å². The zero-order valence-electron chi connectivity index (χ0n) is 15.9. The number of benzene rings is 2. The Balaban J connectivity index is 1.66. The number of carbonyl (C=O) groups is 1. The first-order valence-electron chi connectivity index (χ1n) is 9.35. The Kier molecular flexibility index (Phi) is 6.06. The van der Waals surface area contributed by atoms with Gasteiger partial charge in [-0.05, 0) is 56.3 Å². The van der Waals surface area contributed by atoms with Gasteiger partial charge in [0, 0.05) is 37.4 Å². The van der Waals surface area contributed by atoms with Crippen molar-refractivity contribution >= 4 is 11.6 Å². The molecule has 1 aliphatic rings. The molecule has 0 saturated carbocycles. The monoisotopic (exact) mass is 370 g/mol. The SMILES string of the molecule is CCOc1ccc(C(=O)N2CCN(c3ccc(O)cc3)CC2)cc1OCC. The first-order valence-corrected chi connectivity index (χ1v) is 9.35. The Morgan fingerprint density at radius 3 is 2.19 bits per heavy atom. The van der Waals surface area contributed by atoms with Gasteiger partial charge in [0.25, 0.3) is 5.91 Å². The third kappa shape index (κ3) is 4.45. The molecule has 0 radical (unpaired) electrons. The van der Waals surface area contributed by atoms with Crippen LogP contribution in [0.15, 0.2) is 42.5 Å². The zero-order chi connectivity index (χ0) is 19.2. The summed E-state index contributed by atoms with van der Waals surface area (Å²) in [6.45, 7) is 7.70. The third-order valence-electron chi connectivity index (χ3n) is 4.57. The van der Waals surface area contributed by atoms with Crippen molar-refractivity contribution in [2.75, 3.05) is 44.3 Å². The van der Waals surface area contributed by atoms with Crippen LogP contribution in [0.1, 0.15) is 24.2 Å². The summed E-state index contributed by atoms with van der Waals surface area (Å²) in [4.78, 5) is 17.0. The van der Waals surface area contributed by atoms with E-state index in [0.29, 0.717) is 43.4 Å². The number of amides is 1. The molecule has 1 N–H and O–H groups in total. The number of hydrogen-bond acceptors (Lipinski definition) is 5. The average Bonchev–Trinajstić information content (AvgIpc) is 2.70. The maximum atomic E-state index is 12.9. The Morgan fingerprint density at radius 1 is 0.926 bits per heavy atom. The fourth-order valence-corrected chi connectivity index (χ4v) is 3.20. The molecule has 0 atom stereocenters. The molecular formula is C21H26N2O4. The van der Waals surface area contributed by atoms with E-state index in [4.69, 9.17) is 9.47 Å². The van der Waals surface area contributed by atoms with Gasteiger partial charge in [0.2, 0.25) is 0 Å². The molecular weight excluding hydrogens is 344 g/mol. The van der Waals surface area contributed by atoms with Gasteiger partial charge in [0.15, 0.2) is 11.5 Å². The number of phenols is 1. The van der Waals surface area contributed by atoms with E-state index in [-0.39, 0.29) is 11.7 Å². The third-order valence-corrected chi connectivity index (χ3v) is 4.57. The summed E-state index contributed by atoms with van der Waals surface area (Å²) < 4.78 is 11.2. The minimum absolute atomic E-state index is 0.00403. The van der Waals surface area contributed by atoms with E-state index in [9.17, 15) is 9.90 Å². The number of ether oxygens (including phenoxy) is 2. The normalized spacial score (nSPS) is 14.1. The summed E-state index contributed by atoms with van der Waals surface area (Å²) in [5.41, 5.74) is 1.67. The molecule has 1 aliphatic heterocycles. The second-order valence-electron chi connectivity index (χ2n) is 6.32. The van der Waals surface area contributed by atoms with Gasteiger partial charge >= 0.3 is 0 Å². The lowest BCUT2D eigenvalue weighted by Crippen LogP contribution is -2.48. The van der Waals surface area contributed by atoms with Gasteiger partial charge in [-0.2, -0.15) is 0 Å². The van der Waals surface area contributed by atoms with Crippen LogP contribution in [0.3, 0.4) is 0 Å². The van der Waals surface area contributed by atoms with Crippen molar-refractivity contribution in [2.24, 2.45) is 0 Å². The molecule has 2 aromatic carbocycles. The Hall–Kier alpha value is -2.89. The average molecular weight is 370 g/mol. The molecule has 0 bridgehead atoms. The van der Waals surface area contributed by atoms with Crippen LogP contribution in [0.5, 0.6) is 17.2 Å². The number of hydrogen-bond donors (Lipinski definition) is 1. The van der Waals surface area contributed by atoms with Crippen molar-refractivity contribution in [1.82, 2.24) is 4.90 Å². The molecule has 6 heteroatoms. The molecule has 1 saturated heterocycles. The van der Waals surface area contributed by atoms with Gasteiger partial charge in [0.05, 0.1) is 13.2 Å². The minimum Gasteiger partial charge on any atom is -0.508 e.